The van der Waals surface area contributed by atoms with Gasteiger partial charge in [0.2, 0.25) is 5.78 Å². The number of Topliss-reactive ketones (excluding diaryl/α,β-unsaturated/α-hetero) is 1. The van der Waals surface area contributed by atoms with E-state index in [2.05, 4.69) is 42.8 Å². The first-order chi connectivity index (χ1) is 4.81. The van der Waals surface area contributed by atoms with Gasteiger partial charge < -0.3 is 0 Å². The number of carbonyl (C=O) groups is 1. The van der Waals surface area contributed by atoms with Crippen molar-refractivity contribution in [2.75, 3.05) is 0 Å². The van der Waals surface area contributed by atoms with Crippen LogP contribution in [0.3, 0.4) is 0 Å². The van der Waals surface area contributed by atoms with Gasteiger partial charge in [-0.1, -0.05) is 10.3 Å². The lowest BCUT2D eigenvalue weighted by atomic mass is 10.5. The number of nitrogens with zero attached hydrogens (tertiary/aromatic N) is 2. The van der Waals surface area contributed by atoms with Crippen molar-refractivity contribution in [2.24, 2.45) is 10.3 Å². The lowest BCUT2D eigenvalue weighted by molar-refractivity contribution is -0.106. The maximum Gasteiger partial charge on any atom is 0.221 e. The zero-order chi connectivity index (χ0) is 7.82. The van der Waals surface area contributed by atoms with E-state index in [4.69, 9.17) is 0 Å². The molecule has 7 heteroatoms. The van der Waals surface area contributed by atoms with Crippen molar-refractivity contribution in [3.8, 4) is 0 Å². The van der Waals surface area contributed by atoms with Gasteiger partial charge in [-0.05, 0) is 0 Å². The first kappa shape index (κ1) is 9.19. The SMILES string of the molecule is O=C(C=NOCl)C=NOCl. The number of halogens is 2. The molecule has 0 saturated heterocycles. The number of ketones is 1. The molecule has 0 saturated carbocycles. The number of hydrogen-bond acceptors (Lipinski definition) is 5. The molecule has 0 spiro atoms. The Kier molecular flexibility index (Phi) is 5.80. The monoisotopic (exact) mass is 184 g/mol. The molecular weight excluding hydrogens is 183 g/mol. The highest BCUT2D eigenvalue weighted by Crippen LogP contribution is 1.79. The maximum atomic E-state index is 10.4. The zero-order valence-electron chi connectivity index (χ0n) is 4.53. The molecule has 0 aromatic rings. The third-order valence-corrected chi connectivity index (χ3v) is 0.599. The largest absolute Gasteiger partial charge is 0.286 e. The second-order valence-corrected chi connectivity index (χ2v) is 1.29. The summed E-state index contributed by atoms with van der Waals surface area (Å²) in [5.41, 5.74) is 0. The van der Waals surface area contributed by atoms with Gasteiger partial charge >= 0.3 is 0 Å². The smallest absolute Gasteiger partial charge is 0.221 e. The van der Waals surface area contributed by atoms with Crippen LogP contribution in [0.25, 0.3) is 0 Å². The summed E-state index contributed by atoms with van der Waals surface area (Å²) in [5, 5.41) is 5.85. The van der Waals surface area contributed by atoms with Gasteiger partial charge in [0.15, 0.2) is 23.7 Å². The zero-order valence-corrected chi connectivity index (χ0v) is 6.04. The summed E-state index contributed by atoms with van der Waals surface area (Å²) in [5.74, 6) is -0.554. The lowest BCUT2D eigenvalue weighted by Crippen LogP contribution is -1.99. The topological polar surface area (TPSA) is 60.2 Å². The van der Waals surface area contributed by atoms with Crippen LogP contribution in [0.5, 0.6) is 0 Å². The minimum atomic E-state index is -0.554. The van der Waals surface area contributed by atoms with Crippen LogP contribution in [0.1, 0.15) is 0 Å². The van der Waals surface area contributed by atoms with Crippen molar-refractivity contribution >= 4 is 41.9 Å². The fourth-order valence-electron chi connectivity index (χ4n) is 0.177. The van der Waals surface area contributed by atoms with Gasteiger partial charge in [-0.25, -0.2) is 0 Å². The molecule has 0 bridgehead atoms. The third-order valence-electron chi connectivity index (χ3n) is 0.440. The van der Waals surface area contributed by atoms with Crippen molar-refractivity contribution in [3.05, 3.63) is 0 Å². The van der Waals surface area contributed by atoms with E-state index < -0.39 is 5.78 Å². The van der Waals surface area contributed by atoms with E-state index in [0.717, 1.165) is 12.4 Å². The van der Waals surface area contributed by atoms with Crippen LogP contribution in [0.15, 0.2) is 10.3 Å². The van der Waals surface area contributed by atoms with Crippen LogP contribution in [-0.2, 0) is 13.6 Å². The van der Waals surface area contributed by atoms with Crippen LogP contribution in [-0.4, -0.2) is 18.2 Å². The Labute approximate surface area is 66.5 Å². The summed E-state index contributed by atoms with van der Waals surface area (Å²) >= 11 is 9.26. The molecule has 0 aliphatic rings. The molecule has 0 N–H and O–H groups in total. The van der Waals surface area contributed by atoms with Gasteiger partial charge in [0.05, 0.1) is 0 Å². The fraction of sp³-hybridized carbons (Fsp3) is 0. The van der Waals surface area contributed by atoms with Crippen molar-refractivity contribution in [1.82, 2.24) is 0 Å². The molecule has 0 aliphatic carbocycles. The highest BCUT2D eigenvalue weighted by atomic mass is 35.5. The third kappa shape index (κ3) is 5.33. The predicted octanol–water partition coefficient (Wildman–Crippen LogP) is 0.868. The summed E-state index contributed by atoms with van der Waals surface area (Å²) in [6.45, 7) is 0. The Morgan fingerprint density at radius 2 is 1.60 bits per heavy atom. The molecule has 0 rings (SSSR count). The predicted molar refractivity (Wildman–Crippen MR) is 35.9 cm³/mol. The van der Waals surface area contributed by atoms with Gasteiger partial charge in [-0.2, -0.15) is 0 Å². The van der Waals surface area contributed by atoms with E-state index in [1.54, 1.807) is 0 Å². The molecule has 5 nitrogen and oxygen atoms in total. The van der Waals surface area contributed by atoms with Gasteiger partial charge in [0, 0.05) is 0 Å². The molecule has 0 radical (unpaired) electrons. The van der Waals surface area contributed by atoms with E-state index in [1.807, 2.05) is 0 Å². The van der Waals surface area contributed by atoms with E-state index in [9.17, 15) is 4.79 Å². The number of rotatable bonds is 4. The van der Waals surface area contributed by atoms with Crippen molar-refractivity contribution < 1.29 is 13.6 Å². The Morgan fingerprint density at radius 1 is 1.20 bits per heavy atom. The molecule has 0 amide bonds. The quantitative estimate of drug-likeness (QED) is 0.482. The van der Waals surface area contributed by atoms with E-state index in [0.29, 0.717) is 0 Å². The minimum Gasteiger partial charge on any atom is -0.286 e. The van der Waals surface area contributed by atoms with Crippen LogP contribution in [0.4, 0.5) is 0 Å². The lowest BCUT2D eigenvalue weighted by Gasteiger charge is -1.78. The Morgan fingerprint density at radius 3 is 1.90 bits per heavy atom. The summed E-state index contributed by atoms with van der Waals surface area (Å²) < 4.78 is 7.36. The highest BCUT2D eigenvalue weighted by molar-refractivity contribution is 6.53. The number of oxime groups is 2. The number of carbonyl (C=O) groups excluding carboxylic acids is 1. The summed E-state index contributed by atoms with van der Waals surface area (Å²) in [6.07, 6.45) is 1.60. The Hall–Kier alpha value is -0.810. The van der Waals surface area contributed by atoms with Gasteiger partial charge in [0.1, 0.15) is 12.4 Å². The molecule has 0 unspecified atom stereocenters. The average Bonchev–Trinajstić information content (AvgIpc) is 1.97. The number of hydrogen-bond donors (Lipinski definition) is 0. The van der Waals surface area contributed by atoms with Crippen molar-refractivity contribution in [1.29, 1.82) is 0 Å². The van der Waals surface area contributed by atoms with Crippen molar-refractivity contribution in [2.45, 2.75) is 0 Å². The maximum absolute atomic E-state index is 10.4. The van der Waals surface area contributed by atoms with E-state index in [1.165, 1.54) is 0 Å². The van der Waals surface area contributed by atoms with Crippen LogP contribution in [0, 0.1) is 0 Å². The molecule has 0 heterocycles. The van der Waals surface area contributed by atoms with E-state index >= 15 is 0 Å². The molecule has 10 heavy (non-hydrogen) atoms. The van der Waals surface area contributed by atoms with Crippen molar-refractivity contribution in [3.63, 3.8) is 0 Å². The van der Waals surface area contributed by atoms with Gasteiger partial charge in [-0.15, -0.1) is 0 Å². The normalized spacial score (nSPS) is 10.6. The minimum absolute atomic E-state index is 0.554. The summed E-state index contributed by atoms with van der Waals surface area (Å²) in [6, 6.07) is 0. The summed E-state index contributed by atoms with van der Waals surface area (Å²) in [7, 11) is 0. The molecule has 0 atom stereocenters. The Balaban J connectivity index is 3.63. The highest BCUT2D eigenvalue weighted by Gasteiger charge is 1.89. The molecule has 0 aliphatic heterocycles. The van der Waals surface area contributed by atoms with Crippen LogP contribution < -0.4 is 0 Å². The van der Waals surface area contributed by atoms with Gasteiger partial charge in [-0.3, -0.25) is 13.6 Å². The first-order valence-corrected chi connectivity index (χ1v) is 2.59. The standard InChI is InChI=1S/C3H2Cl2N2O3/c4-9-6-1-3(8)2-7-10-5/h1-2H. The molecular formula is C3H2Cl2N2O3. The second-order valence-electron chi connectivity index (χ2n) is 1.01. The van der Waals surface area contributed by atoms with E-state index in [-0.39, 0.29) is 0 Å². The van der Waals surface area contributed by atoms with Crippen LogP contribution in [0.2, 0.25) is 0 Å². The molecule has 0 aromatic carbocycles. The molecule has 0 aromatic heterocycles. The molecule has 0 fully saturated rings. The molecule has 56 valence electrons. The second kappa shape index (κ2) is 6.31. The Bertz CT molecular complexity index is 142. The first-order valence-electron chi connectivity index (χ1n) is 1.97. The van der Waals surface area contributed by atoms with Gasteiger partial charge in [0.25, 0.3) is 0 Å². The summed E-state index contributed by atoms with van der Waals surface area (Å²) in [4.78, 5) is 10.4. The van der Waals surface area contributed by atoms with Crippen LogP contribution >= 0.6 is 23.7 Å². The fourth-order valence-corrected chi connectivity index (χ4v) is 0.257. The average molecular weight is 185 g/mol.